The summed E-state index contributed by atoms with van der Waals surface area (Å²) in [6.07, 6.45) is 22.6. The fourth-order valence-corrected chi connectivity index (χ4v) is 8.55. The van der Waals surface area contributed by atoms with Gasteiger partial charge in [0.15, 0.2) is 0 Å². The number of allylic oxidation sites excluding steroid dienone is 8. The molecule has 0 bridgehead atoms. The van der Waals surface area contributed by atoms with Crippen LogP contribution in [0.25, 0.3) is 83.0 Å². The summed E-state index contributed by atoms with van der Waals surface area (Å²) in [4.78, 5) is 9.24. The molecule has 266 valence electrons. The van der Waals surface area contributed by atoms with Gasteiger partial charge in [-0.25, -0.2) is 0 Å². The van der Waals surface area contributed by atoms with Gasteiger partial charge in [-0.05, 0) is 127 Å². The lowest BCUT2D eigenvalue weighted by atomic mass is 9.83. The van der Waals surface area contributed by atoms with Crippen LogP contribution >= 0.6 is 0 Å². The van der Waals surface area contributed by atoms with Crippen LogP contribution in [0.1, 0.15) is 36.3 Å². The number of hydrogen-bond acceptors (Lipinski definition) is 2. The molecule has 56 heavy (non-hydrogen) atoms. The number of rotatable bonds is 7. The van der Waals surface area contributed by atoms with E-state index >= 15 is 0 Å². The SMILES string of the molecule is C1=CCCC(c2cc(-c3ccc4c(-c5ccc(-c6ccccn6)cc5)c5ccccc5c(-c5ccc(-c6ccccn6)cc5)c4c3)cc(C3C=CC=CC3)c2)=C1. The minimum absolute atomic E-state index is 0.358. The van der Waals surface area contributed by atoms with Crippen molar-refractivity contribution in [2.45, 2.75) is 25.2 Å². The van der Waals surface area contributed by atoms with E-state index in [2.05, 4.69) is 174 Å². The summed E-state index contributed by atoms with van der Waals surface area (Å²) in [5.41, 5.74) is 15.6. The topological polar surface area (TPSA) is 25.8 Å². The first-order chi connectivity index (χ1) is 27.8. The van der Waals surface area contributed by atoms with Crippen LogP contribution in [0.5, 0.6) is 0 Å². The lowest BCUT2D eigenvalue weighted by molar-refractivity contribution is 0.853. The van der Waals surface area contributed by atoms with E-state index < -0.39 is 0 Å². The molecule has 2 nitrogen and oxygen atoms in total. The van der Waals surface area contributed by atoms with Crippen LogP contribution in [-0.4, -0.2) is 9.97 Å². The summed E-state index contributed by atoms with van der Waals surface area (Å²) in [6, 6.07) is 53.4. The van der Waals surface area contributed by atoms with Gasteiger partial charge in [0, 0.05) is 29.4 Å². The van der Waals surface area contributed by atoms with Gasteiger partial charge in [-0.2, -0.15) is 0 Å². The lowest BCUT2D eigenvalue weighted by Crippen LogP contribution is -1.99. The Labute approximate surface area is 328 Å². The first-order valence-corrected chi connectivity index (χ1v) is 19.6. The highest BCUT2D eigenvalue weighted by atomic mass is 14.7. The Balaban J connectivity index is 1.20. The summed E-state index contributed by atoms with van der Waals surface area (Å²) in [5, 5.41) is 4.95. The third-order valence-electron chi connectivity index (χ3n) is 11.4. The van der Waals surface area contributed by atoms with E-state index in [1.54, 1.807) is 0 Å². The minimum Gasteiger partial charge on any atom is -0.256 e. The van der Waals surface area contributed by atoms with Crippen molar-refractivity contribution in [2.24, 2.45) is 0 Å². The summed E-state index contributed by atoms with van der Waals surface area (Å²) >= 11 is 0. The van der Waals surface area contributed by atoms with E-state index in [0.29, 0.717) is 5.92 Å². The molecule has 0 aliphatic heterocycles. The fraction of sp³-hybridized carbons (Fsp3) is 0.0741. The Morgan fingerprint density at radius 2 is 1.02 bits per heavy atom. The first kappa shape index (κ1) is 33.7. The highest BCUT2D eigenvalue weighted by molar-refractivity contribution is 6.22. The van der Waals surface area contributed by atoms with Gasteiger partial charge in [-0.1, -0.05) is 152 Å². The molecule has 2 aromatic heterocycles. The largest absolute Gasteiger partial charge is 0.256 e. The monoisotopic (exact) mass is 716 g/mol. The maximum Gasteiger partial charge on any atom is 0.0701 e. The van der Waals surface area contributed by atoms with E-state index in [-0.39, 0.29) is 0 Å². The van der Waals surface area contributed by atoms with Gasteiger partial charge in [0.05, 0.1) is 11.4 Å². The van der Waals surface area contributed by atoms with E-state index in [1.807, 2.05) is 36.7 Å². The van der Waals surface area contributed by atoms with Crippen LogP contribution in [0.2, 0.25) is 0 Å². The van der Waals surface area contributed by atoms with Crippen LogP contribution in [0.3, 0.4) is 0 Å². The van der Waals surface area contributed by atoms with Crippen molar-refractivity contribution in [2.75, 3.05) is 0 Å². The van der Waals surface area contributed by atoms with Gasteiger partial charge >= 0.3 is 0 Å². The molecule has 0 saturated carbocycles. The molecule has 1 atom stereocenters. The van der Waals surface area contributed by atoms with E-state index in [4.69, 9.17) is 0 Å². The van der Waals surface area contributed by atoms with Crippen molar-refractivity contribution in [1.29, 1.82) is 0 Å². The van der Waals surface area contributed by atoms with Crippen LogP contribution in [-0.2, 0) is 0 Å². The molecule has 1 unspecified atom stereocenters. The fourth-order valence-electron chi connectivity index (χ4n) is 8.55. The molecule has 2 heteroatoms. The average molecular weight is 717 g/mol. The van der Waals surface area contributed by atoms with Crippen LogP contribution in [0.15, 0.2) is 201 Å². The molecule has 2 aliphatic rings. The van der Waals surface area contributed by atoms with E-state index in [0.717, 1.165) is 41.8 Å². The zero-order valence-corrected chi connectivity index (χ0v) is 31.1. The molecule has 10 rings (SSSR count). The number of benzene rings is 6. The average Bonchev–Trinajstić information content (AvgIpc) is 3.29. The van der Waals surface area contributed by atoms with Crippen molar-refractivity contribution in [3.63, 3.8) is 0 Å². The predicted molar refractivity (Wildman–Crippen MR) is 236 cm³/mol. The number of nitrogens with zero attached hydrogens (tertiary/aromatic N) is 2. The molecule has 0 saturated heterocycles. The van der Waals surface area contributed by atoms with Crippen LogP contribution in [0, 0.1) is 0 Å². The third kappa shape index (κ3) is 6.40. The smallest absolute Gasteiger partial charge is 0.0701 e. The van der Waals surface area contributed by atoms with E-state index in [9.17, 15) is 0 Å². The molecule has 0 N–H and O–H groups in total. The van der Waals surface area contributed by atoms with Gasteiger partial charge in [0.25, 0.3) is 0 Å². The van der Waals surface area contributed by atoms with E-state index in [1.165, 1.54) is 71.6 Å². The van der Waals surface area contributed by atoms with Crippen LogP contribution < -0.4 is 0 Å². The molecule has 0 fully saturated rings. The second-order valence-electron chi connectivity index (χ2n) is 14.8. The normalized spacial score (nSPS) is 15.0. The zero-order chi connectivity index (χ0) is 37.3. The highest BCUT2D eigenvalue weighted by Gasteiger charge is 2.20. The number of hydrogen-bond donors (Lipinski definition) is 0. The third-order valence-corrected chi connectivity index (χ3v) is 11.4. The van der Waals surface area contributed by atoms with Gasteiger partial charge in [0.1, 0.15) is 0 Å². The Bertz CT molecular complexity index is 2840. The summed E-state index contributed by atoms with van der Waals surface area (Å²) in [5.74, 6) is 0.358. The standard InChI is InChI=1S/C54H40N2/c1-3-13-37(14-4-1)44-33-45(38-15-5-2-6-16-38)35-46(34-44)43-29-30-49-50(36-43)54(42-27-23-40(24-28-42)52-20-10-12-32-56-52)48-18-8-7-17-47(48)53(49)41-25-21-39(22-26-41)51-19-9-11-31-55-51/h1-5,7-13,15,17-37H,6,14,16H2. The van der Waals surface area contributed by atoms with Crippen LogP contribution in [0.4, 0.5) is 0 Å². The van der Waals surface area contributed by atoms with Gasteiger partial charge in [0.2, 0.25) is 0 Å². The Hall–Kier alpha value is -6.90. The molecule has 2 aliphatic carbocycles. The van der Waals surface area contributed by atoms with Crippen molar-refractivity contribution >= 4 is 27.1 Å². The Morgan fingerprint density at radius 3 is 1.61 bits per heavy atom. The number of pyridine rings is 2. The molecular weight excluding hydrogens is 677 g/mol. The van der Waals surface area contributed by atoms with Gasteiger partial charge in [-0.3, -0.25) is 9.97 Å². The number of fused-ring (bicyclic) bond motifs is 2. The molecule has 0 spiro atoms. The van der Waals surface area contributed by atoms with Crippen molar-refractivity contribution in [3.05, 3.63) is 212 Å². The van der Waals surface area contributed by atoms with Gasteiger partial charge in [-0.15, -0.1) is 0 Å². The molecule has 0 amide bonds. The second-order valence-corrected chi connectivity index (χ2v) is 14.8. The van der Waals surface area contributed by atoms with Crippen molar-refractivity contribution < 1.29 is 0 Å². The highest BCUT2D eigenvalue weighted by Crippen LogP contribution is 2.46. The lowest BCUT2D eigenvalue weighted by Gasteiger charge is -2.21. The Kier molecular flexibility index (Phi) is 8.85. The molecule has 8 aromatic rings. The minimum atomic E-state index is 0.358. The van der Waals surface area contributed by atoms with Gasteiger partial charge < -0.3 is 0 Å². The summed E-state index contributed by atoms with van der Waals surface area (Å²) in [7, 11) is 0. The maximum absolute atomic E-state index is 4.63. The molecule has 6 aromatic carbocycles. The molecule has 2 heterocycles. The molecular formula is C54H40N2. The zero-order valence-electron chi connectivity index (χ0n) is 31.1. The molecule has 0 radical (unpaired) electrons. The predicted octanol–water partition coefficient (Wildman–Crippen LogP) is 14.5. The summed E-state index contributed by atoms with van der Waals surface area (Å²) < 4.78 is 0. The summed E-state index contributed by atoms with van der Waals surface area (Å²) in [6.45, 7) is 0. The Morgan fingerprint density at radius 1 is 0.429 bits per heavy atom. The second kappa shape index (κ2) is 14.7. The quantitative estimate of drug-likeness (QED) is 0.153. The number of aromatic nitrogens is 2. The van der Waals surface area contributed by atoms with Crippen molar-refractivity contribution in [3.8, 4) is 55.9 Å². The van der Waals surface area contributed by atoms with Crippen molar-refractivity contribution in [1.82, 2.24) is 9.97 Å². The first-order valence-electron chi connectivity index (χ1n) is 19.6. The maximum atomic E-state index is 4.63.